The molecule has 6 nitrogen and oxygen atoms in total. The lowest BCUT2D eigenvalue weighted by molar-refractivity contribution is -0.143. The molecule has 0 bridgehead atoms. The van der Waals surface area contributed by atoms with Crippen molar-refractivity contribution in [3.8, 4) is 5.75 Å². The minimum Gasteiger partial charge on any atom is -0.490 e. The van der Waals surface area contributed by atoms with Crippen molar-refractivity contribution in [2.45, 2.75) is 112 Å². The molecule has 1 atom stereocenters. The number of aryl methyl sites for hydroxylation is 2. The third kappa shape index (κ3) is 7.63. The summed E-state index contributed by atoms with van der Waals surface area (Å²) < 4.78 is 6.05. The second-order valence-corrected chi connectivity index (χ2v) is 12.0. The number of carbonyl (C=O) groups excluding carboxylic acids is 1. The van der Waals surface area contributed by atoms with Gasteiger partial charge in [0.15, 0.2) is 0 Å². The number of carboxylic acids is 1. The summed E-state index contributed by atoms with van der Waals surface area (Å²) in [6.45, 7) is 23.1. The molecule has 0 heterocycles. The average Bonchev–Trinajstić information content (AvgIpc) is 2.84. The van der Waals surface area contributed by atoms with Gasteiger partial charge in [0.1, 0.15) is 23.5 Å². The smallest absolute Gasteiger partial charge is 0.328 e. The van der Waals surface area contributed by atoms with Crippen LogP contribution in [0.2, 0.25) is 0 Å². The molecule has 0 saturated heterocycles. The van der Waals surface area contributed by atoms with E-state index < -0.39 is 23.0 Å². The zero-order chi connectivity index (χ0) is 30.4. The maximum atomic E-state index is 12.8. The number of carbonyl (C=O) groups is 2. The van der Waals surface area contributed by atoms with Crippen molar-refractivity contribution in [1.82, 2.24) is 5.32 Å². The third-order valence-electron chi connectivity index (χ3n) is 8.04. The number of hydrogen-bond acceptors (Lipinski definition) is 4. The van der Waals surface area contributed by atoms with Crippen LogP contribution in [0, 0.1) is 19.3 Å². The molecule has 2 aromatic rings. The van der Waals surface area contributed by atoms with Crippen LogP contribution >= 0.6 is 0 Å². The highest BCUT2D eigenvalue weighted by Gasteiger charge is 2.37. The Kier molecular flexibility index (Phi) is 11.4. The molecule has 0 fully saturated rings. The molecule has 0 spiro atoms. The van der Waals surface area contributed by atoms with E-state index >= 15 is 0 Å². The maximum absolute atomic E-state index is 12.8. The molecular weight excluding hydrogens is 490 g/mol. The number of rotatable bonds is 10. The molecule has 0 aliphatic carbocycles. The van der Waals surface area contributed by atoms with Gasteiger partial charge in [-0.25, -0.2) is 4.79 Å². The Bertz CT molecular complexity index is 1140. The minimum absolute atomic E-state index is 0.199. The van der Waals surface area contributed by atoms with Crippen molar-refractivity contribution < 1.29 is 24.5 Å². The van der Waals surface area contributed by atoms with Crippen molar-refractivity contribution in [3.05, 3.63) is 64.2 Å². The summed E-state index contributed by atoms with van der Waals surface area (Å²) in [5, 5.41) is 22.8. The van der Waals surface area contributed by atoms with Crippen LogP contribution in [0.1, 0.15) is 115 Å². The summed E-state index contributed by atoms with van der Waals surface area (Å²) in [6, 6.07) is 12.0. The summed E-state index contributed by atoms with van der Waals surface area (Å²) in [4.78, 5) is 24.3. The zero-order valence-corrected chi connectivity index (χ0v) is 26.2. The normalized spacial score (nSPS) is 13.6. The van der Waals surface area contributed by atoms with Gasteiger partial charge in [-0.2, -0.15) is 0 Å². The highest BCUT2D eigenvalue weighted by Crippen LogP contribution is 2.41. The van der Waals surface area contributed by atoms with Crippen LogP contribution in [0.25, 0.3) is 0 Å². The van der Waals surface area contributed by atoms with Crippen molar-refractivity contribution in [2.24, 2.45) is 5.41 Å². The topological polar surface area (TPSA) is 95.9 Å². The van der Waals surface area contributed by atoms with Gasteiger partial charge in [-0.05, 0) is 87.3 Å². The van der Waals surface area contributed by atoms with Gasteiger partial charge in [-0.3, -0.25) is 4.79 Å². The first kappa shape index (κ1) is 34.2. The van der Waals surface area contributed by atoms with Crippen LogP contribution in [0.3, 0.4) is 0 Å². The highest BCUT2D eigenvalue weighted by molar-refractivity contribution is 5.98. The van der Waals surface area contributed by atoms with Crippen LogP contribution in [0.15, 0.2) is 36.4 Å². The van der Waals surface area contributed by atoms with Gasteiger partial charge < -0.3 is 20.3 Å². The van der Waals surface area contributed by atoms with Gasteiger partial charge in [0.05, 0.1) is 0 Å². The van der Waals surface area contributed by atoms with Gasteiger partial charge in [0.25, 0.3) is 5.91 Å². The SMILES string of the molecule is CC.CCC(CC)(c1ccc(OCC(C)(O)C(C)(C)C)c(C)c1)c1ccc(C(=O)NC(C)(C)C(=O)O)c(C)c1. The quantitative estimate of drug-likeness (QED) is 0.295. The van der Waals surface area contributed by atoms with E-state index in [1.165, 1.54) is 13.8 Å². The number of amides is 1. The van der Waals surface area contributed by atoms with E-state index in [9.17, 15) is 19.8 Å². The molecule has 1 amide bonds. The largest absolute Gasteiger partial charge is 0.490 e. The molecular formula is C33H51NO5. The van der Waals surface area contributed by atoms with E-state index in [2.05, 4.69) is 31.3 Å². The first-order chi connectivity index (χ1) is 17.9. The van der Waals surface area contributed by atoms with Crippen LogP contribution in [0.5, 0.6) is 5.75 Å². The standard InChI is InChI=1S/C31H45NO5.C2H6/c1-11-31(12-2,22-13-15-24(20(3)17-22)26(33)32-29(8,9)27(34)35)23-14-16-25(21(4)18-23)37-19-30(10,36)28(5,6)7;1-2/h13-18,36H,11-12,19H2,1-10H3,(H,32,33)(H,34,35);1-2H3. The van der Waals surface area contributed by atoms with Crippen molar-refractivity contribution in [3.63, 3.8) is 0 Å². The molecule has 0 aromatic heterocycles. The Balaban J connectivity index is 0.00000371. The number of aliphatic hydroxyl groups is 1. The molecule has 218 valence electrons. The minimum atomic E-state index is -1.36. The molecule has 2 rings (SSSR count). The first-order valence-corrected chi connectivity index (χ1v) is 14.0. The van der Waals surface area contributed by atoms with E-state index in [1.807, 2.05) is 66.7 Å². The van der Waals surface area contributed by atoms with Gasteiger partial charge in [0, 0.05) is 11.0 Å². The number of carboxylic acid groups (broad SMARTS) is 1. The Morgan fingerprint density at radius 3 is 1.74 bits per heavy atom. The number of benzene rings is 2. The van der Waals surface area contributed by atoms with Crippen molar-refractivity contribution in [2.75, 3.05) is 6.61 Å². The number of ether oxygens (including phenoxy) is 1. The van der Waals surface area contributed by atoms with Gasteiger partial charge in [0.2, 0.25) is 0 Å². The second-order valence-electron chi connectivity index (χ2n) is 12.0. The molecule has 2 aromatic carbocycles. The van der Waals surface area contributed by atoms with Crippen LogP contribution in [-0.4, -0.2) is 39.8 Å². The summed E-state index contributed by atoms with van der Waals surface area (Å²) in [6.07, 6.45) is 1.72. The maximum Gasteiger partial charge on any atom is 0.328 e. The predicted molar refractivity (Wildman–Crippen MR) is 160 cm³/mol. The molecule has 1 unspecified atom stereocenters. The van der Waals surface area contributed by atoms with Crippen LogP contribution < -0.4 is 10.1 Å². The number of aliphatic carboxylic acids is 1. The molecule has 0 aliphatic heterocycles. The van der Waals surface area contributed by atoms with E-state index in [4.69, 9.17) is 4.74 Å². The van der Waals surface area contributed by atoms with Crippen LogP contribution in [0.4, 0.5) is 0 Å². The summed E-state index contributed by atoms with van der Waals surface area (Å²) >= 11 is 0. The van der Waals surface area contributed by atoms with Crippen molar-refractivity contribution in [1.29, 1.82) is 0 Å². The Morgan fingerprint density at radius 2 is 1.33 bits per heavy atom. The Labute approximate surface area is 236 Å². The molecule has 0 aliphatic rings. The lowest BCUT2D eigenvalue weighted by atomic mass is 9.70. The molecule has 39 heavy (non-hydrogen) atoms. The molecule has 0 radical (unpaired) electrons. The number of nitrogens with one attached hydrogen (secondary N) is 1. The summed E-state index contributed by atoms with van der Waals surface area (Å²) in [7, 11) is 0. The summed E-state index contributed by atoms with van der Waals surface area (Å²) in [5.41, 5.74) is 1.61. The third-order valence-corrected chi connectivity index (χ3v) is 8.04. The fourth-order valence-corrected chi connectivity index (χ4v) is 4.40. The van der Waals surface area contributed by atoms with Crippen LogP contribution in [-0.2, 0) is 10.2 Å². The van der Waals surface area contributed by atoms with E-state index in [-0.39, 0.29) is 17.4 Å². The van der Waals surface area contributed by atoms with E-state index in [0.717, 1.165) is 40.8 Å². The molecule has 6 heteroatoms. The summed E-state index contributed by atoms with van der Waals surface area (Å²) in [5.74, 6) is -0.743. The van der Waals surface area contributed by atoms with Gasteiger partial charge >= 0.3 is 5.97 Å². The molecule has 3 N–H and O–H groups in total. The fraction of sp³-hybridized carbons (Fsp3) is 0.576. The highest BCUT2D eigenvalue weighted by atomic mass is 16.5. The van der Waals surface area contributed by atoms with Crippen molar-refractivity contribution >= 4 is 11.9 Å². The predicted octanol–water partition coefficient (Wildman–Crippen LogP) is 7.20. The van der Waals surface area contributed by atoms with E-state index in [1.54, 1.807) is 13.0 Å². The lowest BCUT2D eigenvalue weighted by Gasteiger charge is -2.37. The number of hydrogen-bond donors (Lipinski definition) is 3. The first-order valence-electron chi connectivity index (χ1n) is 14.0. The fourth-order valence-electron chi connectivity index (χ4n) is 4.40. The second kappa shape index (κ2) is 13.0. The average molecular weight is 542 g/mol. The monoisotopic (exact) mass is 541 g/mol. The Morgan fingerprint density at radius 1 is 0.846 bits per heavy atom. The van der Waals surface area contributed by atoms with Gasteiger partial charge in [-0.15, -0.1) is 0 Å². The lowest BCUT2D eigenvalue weighted by Crippen LogP contribution is -2.49. The molecule has 0 saturated carbocycles. The Hall–Kier alpha value is -2.86. The zero-order valence-electron chi connectivity index (χ0n) is 26.2. The van der Waals surface area contributed by atoms with E-state index in [0.29, 0.717) is 5.56 Å². The van der Waals surface area contributed by atoms with Gasteiger partial charge in [-0.1, -0.05) is 72.7 Å².